The van der Waals surface area contributed by atoms with Crippen LogP contribution >= 0.6 is 11.9 Å². The van der Waals surface area contributed by atoms with Crippen LogP contribution in [0.5, 0.6) is 23.0 Å². The fourth-order valence-electron chi connectivity index (χ4n) is 3.25. The summed E-state index contributed by atoms with van der Waals surface area (Å²) in [5, 5.41) is 0. The molecule has 0 heterocycles. The highest BCUT2D eigenvalue weighted by Crippen LogP contribution is 2.40. The van der Waals surface area contributed by atoms with E-state index in [0.29, 0.717) is 33.3 Å². The first-order chi connectivity index (χ1) is 18.7. The molecule has 214 valence electrons. The number of hydrogen-bond acceptors (Lipinski definition) is 6. The Hall–Kier alpha value is -3.53. The predicted octanol–water partition coefficient (Wildman–Crippen LogP) is 9.22. The van der Waals surface area contributed by atoms with E-state index in [9.17, 15) is 17.6 Å². The smallest absolute Gasteiger partial charge is 0.416 e. The number of rotatable bonds is 9. The second-order valence-corrected chi connectivity index (χ2v) is 7.95. The molecule has 0 amide bonds. The summed E-state index contributed by atoms with van der Waals surface area (Å²) in [5.74, 6) is 0.666. The van der Waals surface area contributed by atoms with Crippen molar-refractivity contribution in [3.63, 3.8) is 0 Å². The standard InChI is InChI=1S/C25H23F4NO4S.2C2H6/c1-31-20-12-15(13-21(32-2)24(20)34-4)8-9-16-10-11-19(26)23(33-3)22(16)30-35-18-7-5-6-17(14-18)25(27,28)29;2*1-2/h5-14,30H,1-4H3;2*1-2H3/b9-8-;;. The summed E-state index contributed by atoms with van der Waals surface area (Å²) < 4.78 is 77.8. The van der Waals surface area contributed by atoms with Crippen molar-refractivity contribution in [2.75, 3.05) is 33.2 Å². The lowest BCUT2D eigenvalue weighted by Gasteiger charge is -2.15. The molecule has 0 fully saturated rings. The minimum absolute atomic E-state index is 0.0727. The van der Waals surface area contributed by atoms with Crippen LogP contribution < -0.4 is 23.7 Å². The van der Waals surface area contributed by atoms with Crippen LogP contribution in [0.4, 0.5) is 23.2 Å². The first kappa shape index (κ1) is 33.5. The van der Waals surface area contributed by atoms with E-state index >= 15 is 0 Å². The molecule has 0 aliphatic heterocycles. The molecule has 0 atom stereocenters. The van der Waals surface area contributed by atoms with Crippen LogP contribution in [0, 0.1) is 5.82 Å². The van der Waals surface area contributed by atoms with Crippen LogP contribution in [0.1, 0.15) is 44.4 Å². The van der Waals surface area contributed by atoms with Crippen molar-refractivity contribution in [1.29, 1.82) is 0 Å². The van der Waals surface area contributed by atoms with Crippen LogP contribution in [-0.4, -0.2) is 28.4 Å². The minimum atomic E-state index is -4.47. The van der Waals surface area contributed by atoms with Gasteiger partial charge in [-0.1, -0.05) is 45.9 Å². The summed E-state index contributed by atoms with van der Waals surface area (Å²) in [7, 11) is 5.82. The Kier molecular flexibility index (Phi) is 14.1. The van der Waals surface area contributed by atoms with Gasteiger partial charge < -0.3 is 23.7 Å². The second-order valence-electron chi connectivity index (χ2n) is 7.07. The predicted molar refractivity (Wildman–Crippen MR) is 152 cm³/mol. The number of benzene rings is 3. The first-order valence-electron chi connectivity index (χ1n) is 12.2. The summed E-state index contributed by atoms with van der Waals surface area (Å²) in [6, 6.07) is 11.1. The molecule has 1 N–H and O–H groups in total. The molecule has 0 aromatic heterocycles. The lowest BCUT2D eigenvalue weighted by molar-refractivity contribution is -0.137. The SMILES string of the molecule is CC.CC.COc1cc(/C=C\c2ccc(F)c(OC)c2NSc2cccc(C(F)(F)F)c2)cc(OC)c1OC. The van der Waals surface area contributed by atoms with E-state index in [1.165, 1.54) is 52.7 Å². The van der Waals surface area contributed by atoms with Gasteiger partial charge in [0.2, 0.25) is 5.75 Å². The Morgan fingerprint density at radius 1 is 0.744 bits per heavy atom. The molecule has 3 aromatic carbocycles. The monoisotopic (exact) mass is 569 g/mol. The quantitative estimate of drug-likeness (QED) is 0.157. The van der Waals surface area contributed by atoms with E-state index in [0.717, 1.165) is 24.1 Å². The molecule has 0 radical (unpaired) electrons. The Morgan fingerprint density at radius 3 is 1.85 bits per heavy atom. The normalized spacial score (nSPS) is 10.6. The molecule has 0 saturated carbocycles. The largest absolute Gasteiger partial charge is 0.493 e. The minimum Gasteiger partial charge on any atom is -0.493 e. The van der Waals surface area contributed by atoms with Crippen molar-refractivity contribution >= 4 is 29.8 Å². The van der Waals surface area contributed by atoms with Crippen molar-refractivity contribution in [2.45, 2.75) is 38.8 Å². The van der Waals surface area contributed by atoms with Crippen LogP contribution in [0.15, 0.2) is 53.4 Å². The van der Waals surface area contributed by atoms with Gasteiger partial charge in [0, 0.05) is 10.5 Å². The lowest BCUT2D eigenvalue weighted by atomic mass is 10.1. The van der Waals surface area contributed by atoms with Gasteiger partial charge in [-0.3, -0.25) is 0 Å². The second kappa shape index (κ2) is 16.4. The Balaban J connectivity index is 0.00000181. The summed E-state index contributed by atoms with van der Waals surface area (Å²) in [6.45, 7) is 8.00. The van der Waals surface area contributed by atoms with Crippen molar-refractivity contribution in [2.24, 2.45) is 0 Å². The van der Waals surface area contributed by atoms with Gasteiger partial charge in [0.1, 0.15) is 0 Å². The number of alkyl halides is 3. The molecular weight excluding hydrogens is 534 g/mol. The number of methoxy groups -OCH3 is 4. The average Bonchev–Trinajstić information content (AvgIpc) is 2.96. The van der Waals surface area contributed by atoms with E-state index in [-0.39, 0.29) is 11.4 Å². The highest BCUT2D eigenvalue weighted by molar-refractivity contribution is 8.00. The van der Waals surface area contributed by atoms with Crippen LogP contribution in [-0.2, 0) is 6.18 Å². The zero-order valence-electron chi connectivity index (χ0n) is 23.3. The van der Waals surface area contributed by atoms with E-state index < -0.39 is 17.6 Å². The van der Waals surface area contributed by atoms with E-state index in [1.807, 2.05) is 27.7 Å². The Morgan fingerprint density at radius 2 is 1.33 bits per heavy atom. The van der Waals surface area contributed by atoms with Gasteiger partial charge in [-0.15, -0.1) is 0 Å². The molecule has 0 aliphatic rings. The van der Waals surface area contributed by atoms with Crippen molar-refractivity contribution in [3.05, 3.63) is 71.0 Å². The third kappa shape index (κ3) is 9.02. The zero-order chi connectivity index (χ0) is 29.6. The fraction of sp³-hybridized carbons (Fsp3) is 0.310. The molecule has 39 heavy (non-hydrogen) atoms. The average molecular weight is 570 g/mol. The highest BCUT2D eigenvalue weighted by Gasteiger charge is 2.30. The van der Waals surface area contributed by atoms with Gasteiger partial charge in [0.15, 0.2) is 23.1 Å². The first-order valence-corrected chi connectivity index (χ1v) is 13.0. The third-order valence-corrected chi connectivity index (χ3v) is 5.72. The highest BCUT2D eigenvalue weighted by atomic mass is 32.2. The summed E-state index contributed by atoms with van der Waals surface area (Å²) >= 11 is 0.908. The van der Waals surface area contributed by atoms with Gasteiger partial charge in [0.25, 0.3) is 0 Å². The number of hydrogen-bond donors (Lipinski definition) is 1. The van der Waals surface area contributed by atoms with Crippen LogP contribution in [0.3, 0.4) is 0 Å². The van der Waals surface area contributed by atoms with Crippen LogP contribution in [0.25, 0.3) is 12.2 Å². The summed E-state index contributed by atoms with van der Waals surface area (Å²) in [5.41, 5.74) is 0.729. The number of anilines is 1. The molecule has 5 nitrogen and oxygen atoms in total. The van der Waals surface area contributed by atoms with Crippen molar-refractivity contribution in [1.82, 2.24) is 0 Å². The molecule has 3 rings (SSSR count). The molecular formula is C29H35F4NO4S. The van der Waals surface area contributed by atoms with Gasteiger partial charge in [-0.25, -0.2) is 4.39 Å². The van der Waals surface area contributed by atoms with Crippen LogP contribution in [0.2, 0.25) is 0 Å². The zero-order valence-corrected chi connectivity index (χ0v) is 24.1. The topological polar surface area (TPSA) is 49.0 Å². The third-order valence-electron chi connectivity index (χ3n) is 4.92. The van der Waals surface area contributed by atoms with Gasteiger partial charge >= 0.3 is 6.18 Å². The maximum atomic E-state index is 14.4. The van der Waals surface area contributed by atoms with E-state index in [2.05, 4.69) is 4.72 Å². The number of nitrogens with one attached hydrogen (secondary N) is 1. The van der Waals surface area contributed by atoms with Crippen molar-refractivity contribution in [3.8, 4) is 23.0 Å². The van der Waals surface area contributed by atoms with Gasteiger partial charge in [-0.05, 0) is 60.0 Å². The maximum Gasteiger partial charge on any atom is 0.416 e. The molecule has 3 aromatic rings. The molecule has 0 unspecified atom stereocenters. The number of ether oxygens (including phenoxy) is 4. The van der Waals surface area contributed by atoms with E-state index in [1.54, 1.807) is 24.3 Å². The maximum absolute atomic E-state index is 14.4. The molecule has 0 aliphatic carbocycles. The van der Waals surface area contributed by atoms with E-state index in [4.69, 9.17) is 18.9 Å². The van der Waals surface area contributed by atoms with Gasteiger partial charge in [0.05, 0.1) is 39.7 Å². The molecule has 10 heteroatoms. The molecule has 0 bridgehead atoms. The molecule has 0 saturated heterocycles. The summed E-state index contributed by atoms with van der Waals surface area (Å²) in [4.78, 5) is 0.297. The van der Waals surface area contributed by atoms with Crippen molar-refractivity contribution < 1.29 is 36.5 Å². The number of halogens is 4. The Labute approximate surface area is 232 Å². The molecule has 0 spiro atoms. The summed E-state index contributed by atoms with van der Waals surface area (Å²) in [6.07, 6.45) is -1.02. The van der Waals surface area contributed by atoms with Gasteiger partial charge in [-0.2, -0.15) is 13.2 Å². The fourth-order valence-corrected chi connectivity index (χ4v) is 4.01. The Bertz CT molecular complexity index is 1190. The lowest BCUT2D eigenvalue weighted by Crippen LogP contribution is -2.04.